The minimum absolute atomic E-state index is 0.0252. The third-order valence-electron chi connectivity index (χ3n) is 5.61. The molecule has 3 fully saturated rings. The Morgan fingerprint density at radius 2 is 2.29 bits per heavy atom. The Morgan fingerprint density at radius 1 is 1.43 bits per heavy atom. The summed E-state index contributed by atoms with van der Waals surface area (Å²) in [6.45, 7) is 1.48. The van der Waals surface area contributed by atoms with Crippen LogP contribution < -0.4 is 10.6 Å². The molecule has 3 atom stereocenters. The lowest BCUT2D eigenvalue weighted by molar-refractivity contribution is -0.126. The summed E-state index contributed by atoms with van der Waals surface area (Å²) in [6, 6.07) is 2.34. The number of carbonyl (C=O) groups is 1. The molecule has 4 rings (SSSR count). The Hall–Kier alpha value is -1.07. The van der Waals surface area contributed by atoms with E-state index in [1.807, 2.05) is 11.4 Å². The normalized spacial score (nSPS) is 32.7. The van der Waals surface area contributed by atoms with Crippen molar-refractivity contribution < 1.29 is 9.53 Å². The largest absolute Gasteiger partial charge is 0.377 e. The Labute approximate surface area is 129 Å². The van der Waals surface area contributed by atoms with Crippen molar-refractivity contribution >= 4 is 17.4 Å². The topological polar surface area (TPSA) is 50.4 Å². The van der Waals surface area contributed by atoms with E-state index in [9.17, 15) is 4.79 Å². The van der Waals surface area contributed by atoms with Gasteiger partial charge in [-0.05, 0) is 41.7 Å². The molecule has 0 radical (unpaired) electrons. The third kappa shape index (κ3) is 2.18. The molecule has 5 heteroatoms. The maximum absolute atomic E-state index is 12.2. The second-order valence-corrected chi connectivity index (χ2v) is 7.40. The van der Waals surface area contributed by atoms with Gasteiger partial charge in [0, 0.05) is 30.5 Å². The summed E-state index contributed by atoms with van der Waals surface area (Å²) < 4.78 is 5.95. The smallest absolute Gasteiger partial charge is 0.315 e. The molecule has 1 spiro atoms. The molecule has 2 saturated carbocycles. The molecule has 3 aliphatic rings. The van der Waals surface area contributed by atoms with Crippen LogP contribution in [0.3, 0.4) is 0 Å². The summed E-state index contributed by atoms with van der Waals surface area (Å²) in [7, 11) is 0. The van der Waals surface area contributed by atoms with Crippen LogP contribution in [-0.4, -0.2) is 24.8 Å². The second kappa shape index (κ2) is 5.29. The summed E-state index contributed by atoms with van der Waals surface area (Å²) in [6.07, 6.45) is 6.49. The van der Waals surface area contributed by atoms with E-state index in [-0.39, 0.29) is 11.4 Å². The van der Waals surface area contributed by atoms with Gasteiger partial charge in [0.2, 0.25) is 0 Å². The number of urea groups is 1. The minimum Gasteiger partial charge on any atom is -0.377 e. The molecule has 2 amide bonds. The van der Waals surface area contributed by atoms with Crippen LogP contribution in [0.2, 0.25) is 0 Å². The van der Waals surface area contributed by atoms with Crippen molar-refractivity contribution in [3.63, 3.8) is 0 Å². The van der Waals surface area contributed by atoms with Crippen LogP contribution in [0.1, 0.15) is 37.7 Å². The lowest BCUT2D eigenvalue weighted by atomic mass is 9.54. The number of rotatable bonds is 3. The van der Waals surface area contributed by atoms with Crippen molar-refractivity contribution in [2.75, 3.05) is 6.61 Å². The van der Waals surface area contributed by atoms with Crippen molar-refractivity contribution in [1.82, 2.24) is 10.6 Å². The van der Waals surface area contributed by atoms with Gasteiger partial charge in [-0.1, -0.05) is 12.8 Å². The Balaban J connectivity index is 1.38. The molecule has 1 saturated heterocycles. The Bertz CT molecular complexity index is 510. The highest BCUT2D eigenvalue weighted by atomic mass is 32.1. The van der Waals surface area contributed by atoms with Gasteiger partial charge in [-0.2, -0.15) is 11.3 Å². The second-order valence-electron chi connectivity index (χ2n) is 6.62. The molecule has 0 bridgehead atoms. The lowest BCUT2D eigenvalue weighted by Crippen LogP contribution is -2.69. The first kappa shape index (κ1) is 13.6. The molecule has 4 nitrogen and oxygen atoms in total. The quantitative estimate of drug-likeness (QED) is 0.902. The zero-order valence-electron chi connectivity index (χ0n) is 12.1. The zero-order chi connectivity index (χ0) is 14.3. The number of hydrogen-bond acceptors (Lipinski definition) is 3. The molecule has 1 aromatic rings. The molecule has 1 aliphatic heterocycles. The van der Waals surface area contributed by atoms with Gasteiger partial charge in [-0.3, -0.25) is 0 Å². The van der Waals surface area contributed by atoms with Crippen LogP contribution >= 0.6 is 11.3 Å². The van der Waals surface area contributed by atoms with Crippen LogP contribution in [0, 0.1) is 11.3 Å². The molecule has 21 heavy (non-hydrogen) atoms. The maximum Gasteiger partial charge on any atom is 0.315 e. The van der Waals surface area contributed by atoms with Crippen LogP contribution in [0.15, 0.2) is 16.8 Å². The third-order valence-corrected chi connectivity index (χ3v) is 6.34. The SMILES string of the molecule is O=C(NCc1ccsc1)N[C@H]1[C@H]2CCO[C@@H]2C12CCCC2. The molecule has 114 valence electrons. The number of carbonyl (C=O) groups excluding carboxylic acids is 1. The first-order valence-corrected chi connectivity index (χ1v) is 8.91. The van der Waals surface area contributed by atoms with E-state index in [1.54, 1.807) is 11.3 Å². The highest BCUT2D eigenvalue weighted by Crippen LogP contribution is 2.60. The summed E-state index contributed by atoms with van der Waals surface area (Å²) in [5, 5.41) is 10.4. The lowest BCUT2D eigenvalue weighted by Gasteiger charge is -2.56. The van der Waals surface area contributed by atoms with Gasteiger partial charge in [0.1, 0.15) is 0 Å². The van der Waals surface area contributed by atoms with Crippen LogP contribution in [0.25, 0.3) is 0 Å². The molecule has 2 heterocycles. The van der Waals surface area contributed by atoms with Gasteiger partial charge in [-0.15, -0.1) is 0 Å². The fourth-order valence-electron chi connectivity index (χ4n) is 4.67. The first-order valence-electron chi connectivity index (χ1n) is 7.97. The van der Waals surface area contributed by atoms with Gasteiger partial charge >= 0.3 is 6.03 Å². The van der Waals surface area contributed by atoms with E-state index in [1.165, 1.54) is 31.2 Å². The summed E-state index contributed by atoms with van der Waals surface area (Å²) in [4.78, 5) is 12.2. The van der Waals surface area contributed by atoms with E-state index >= 15 is 0 Å². The monoisotopic (exact) mass is 306 g/mol. The van der Waals surface area contributed by atoms with Crippen molar-refractivity contribution in [3.8, 4) is 0 Å². The highest BCUT2D eigenvalue weighted by Gasteiger charge is 2.65. The van der Waals surface area contributed by atoms with Crippen molar-refractivity contribution in [2.24, 2.45) is 11.3 Å². The summed E-state index contributed by atoms with van der Waals surface area (Å²) in [5.41, 5.74) is 1.40. The number of ether oxygens (including phenoxy) is 1. The first-order chi connectivity index (χ1) is 10.3. The van der Waals surface area contributed by atoms with Crippen molar-refractivity contribution in [2.45, 2.75) is 50.8 Å². The molecule has 2 aliphatic carbocycles. The predicted molar refractivity (Wildman–Crippen MR) is 82.2 cm³/mol. The van der Waals surface area contributed by atoms with Crippen LogP contribution in [0.5, 0.6) is 0 Å². The standard InChI is InChI=1S/C16H22N2O2S/c19-15(17-9-11-4-8-21-10-11)18-13-12-3-7-20-14(12)16(13)5-1-2-6-16/h4,8,10,12-14H,1-3,5-7,9H2,(H2,17,18,19)/t12-,13+,14+/m1/s1. The minimum atomic E-state index is -0.0252. The van der Waals surface area contributed by atoms with Crippen LogP contribution in [0.4, 0.5) is 4.79 Å². The fraction of sp³-hybridized carbons (Fsp3) is 0.688. The number of hydrogen-bond donors (Lipinski definition) is 2. The molecular formula is C16H22N2O2S. The van der Waals surface area contributed by atoms with E-state index in [0.717, 1.165) is 13.0 Å². The van der Waals surface area contributed by atoms with Crippen molar-refractivity contribution in [3.05, 3.63) is 22.4 Å². The zero-order valence-corrected chi connectivity index (χ0v) is 13.0. The predicted octanol–water partition coefficient (Wildman–Crippen LogP) is 2.90. The van der Waals surface area contributed by atoms with Gasteiger partial charge < -0.3 is 15.4 Å². The van der Waals surface area contributed by atoms with Gasteiger partial charge in [-0.25, -0.2) is 4.79 Å². The van der Waals surface area contributed by atoms with Gasteiger partial charge in [0.15, 0.2) is 0 Å². The number of nitrogens with one attached hydrogen (secondary N) is 2. The molecule has 2 N–H and O–H groups in total. The van der Waals surface area contributed by atoms with E-state index in [0.29, 0.717) is 24.6 Å². The van der Waals surface area contributed by atoms with Gasteiger partial charge in [0.25, 0.3) is 0 Å². The highest BCUT2D eigenvalue weighted by molar-refractivity contribution is 7.07. The molecule has 0 aromatic carbocycles. The van der Waals surface area contributed by atoms with Crippen LogP contribution in [-0.2, 0) is 11.3 Å². The Morgan fingerprint density at radius 3 is 3.05 bits per heavy atom. The van der Waals surface area contributed by atoms with E-state index in [4.69, 9.17) is 4.74 Å². The molecule has 0 unspecified atom stereocenters. The van der Waals surface area contributed by atoms with E-state index < -0.39 is 0 Å². The summed E-state index contributed by atoms with van der Waals surface area (Å²) in [5.74, 6) is 0.537. The maximum atomic E-state index is 12.2. The average molecular weight is 306 g/mol. The molecular weight excluding hydrogens is 284 g/mol. The van der Waals surface area contributed by atoms with E-state index in [2.05, 4.69) is 16.0 Å². The fourth-order valence-corrected chi connectivity index (χ4v) is 5.34. The average Bonchev–Trinajstić information content (AvgIpc) is 3.22. The van der Waals surface area contributed by atoms with Crippen molar-refractivity contribution in [1.29, 1.82) is 0 Å². The Kier molecular flexibility index (Phi) is 3.42. The number of amides is 2. The molecule has 1 aromatic heterocycles. The van der Waals surface area contributed by atoms with Gasteiger partial charge in [0.05, 0.1) is 6.10 Å². The number of fused-ring (bicyclic) bond motifs is 2. The number of thiophene rings is 1. The summed E-state index contributed by atoms with van der Waals surface area (Å²) >= 11 is 1.66.